The molecule has 3 aliphatic heterocycles. The summed E-state index contributed by atoms with van der Waals surface area (Å²) in [5, 5.41) is 0. The Balaban J connectivity index is 2.35. The smallest absolute Gasteiger partial charge is 0.365 e. The molecule has 6 nitrogen and oxygen atoms in total. The number of hydrogen-bond acceptors (Lipinski definition) is 5. The summed E-state index contributed by atoms with van der Waals surface area (Å²) in [6, 6.07) is 0. The molecular formula is C4H6NO5P. The third-order valence-corrected chi connectivity index (χ3v) is 3.22. The van der Waals surface area contributed by atoms with Crippen LogP contribution in [0.15, 0.2) is 0 Å². The van der Waals surface area contributed by atoms with Gasteiger partial charge in [-0.3, -0.25) is 9.32 Å². The van der Waals surface area contributed by atoms with Gasteiger partial charge >= 0.3 is 7.82 Å². The molecule has 1 amide bonds. The minimum atomic E-state index is -3.38. The molecule has 0 spiro atoms. The highest BCUT2D eigenvalue weighted by Gasteiger charge is 2.73. The lowest BCUT2D eigenvalue weighted by Gasteiger charge is -2.31. The standard InChI is InChI=1S/C4H6NO5P/c1-2-4(3(5)6)9-11(7,8-2)10-4/h2H,1H3,(H2,5,6). The van der Waals surface area contributed by atoms with E-state index in [1.54, 1.807) is 0 Å². The molecule has 0 aliphatic carbocycles. The maximum atomic E-state index is 10.9. The largest absolute Gasteiger partial charge is 0.481 e. The molecule has 3 heterocycles. The van der Waals surface area contributed by atoms with E-state index in [0.717, 1.165) is 0 Å². The molecule has 0 saturated carbocycles. The molecule has 3 aliphatic rings. The molecule has 0 aromatic heterocycles. The summed E-state index contributed by atoms with van der Waals surface area (Å²) in [4.78, 5) is 10.7. The van der Waals surface area contributed by atoms with Crippen LogP contribution in [0.3, 0.4) is 0 Å². The summed E-state index contributed by atoms with van der Waals surface area (Å²) in [6.07, 6.45) is -0.689. The Labute approximate surface area is 62.2 Å². The van der Waals surface area contributed by atoms with Gasteiger partial charge in [0.2, 0.25) is 0 Å². The fourth-order valence-corrected chi connectivity index (χ4v) is 2.85. The van der Waals surface area contributed by atoms with E-state index in [9.17, 15) is 9.36 Å². The van der Waals surface area contributed by atoms with Crippen molar-refractivity contribution in [1.29, 1.82) is 0 Å². The van der Waals surface area contributed by atoms with Crippen LogP contribution in [0, 0.1) is 0 Å². The van der Waals surface area contributed by atoms with Gasteiger partial charge in [-0.2, -0.15) is 0 Å². The Hall–Kier alpha value is -0.420. The molecule has 2 N–H and O–H groups in total. The molecule has 1 atom stereocenters. The summed E-state index contributed by atoms with van der Waals surface area (Å²) < 4.78 is 24.9. The van der Waals surface area contributed by atoms with Gasteiger partial charge in [-0.05, 0) is 6.92 Å². The topological polar surface area (TPSA) is 87.9 Å². The highest BCUT2D eigenvalue weighted by atomic mass is 31.2. The molecule has 3 saturated heterocycles. The number of carbonyl (C=O) groups excluding carboxylic acids is 1. The number of fused-ring (bicyclic) bond motifs is 1. The number of primary amides is 1. The van der Waals surface area contributed by atoms with Crippen molar-refractivity contribution in [2.45, 2.75) is 18.8 Å². The number of rotatable bonds is 1. The zero-order valence-corrected chi connectivity index (χ0v) is 6.54. The fraction of sp³-hybridized carbons (Fsp3) is 0.750. The van der Waals surface area contributed by atoms with Crippen LogP contribution in [0.2, 0.25) is 0 Å². The molecule has 2 bridgehead atoms. The quantitative estimate of drug-likeness (QED) is 0.560. The van der Waals surface area contributed by atoms with Gasteiger partial charge in [0.25, 0.3) is 11.7 Å². The minimum Gasteiger partial charge on any atom is -0.365 e. The molecule has 62 valence electrons. The number of hydrogen-bond donors (Lipinski definition) is 1. The van der Waals surface area contributed by atoms with Crippen molar-refractivity contribution in [2.24, 2.45) is 5.73 Å². The van der Waals surface area contributed by atoms with Crippen molar-refractivity contribution in [3.05, 3.63) is 0 Å². The van der Waals surface area contributed by atoms with Crippen LogP contribution in [-0.2, 0) is 22.9 Å². The Morgan fingerprint density at radius 1 is 1.64 bits per heavy atom. The lowest BCUT2D eigenvalue weighted by Crippen LogP contribution is -2.54. The summed E-state index contributed by atoms with van der Waals surface area (Å²) >= 11 is 0. The van der Waals surface area contributed by atoms with Gasteiger partial charge < -0.3 is 5.73 Å². The summed E-state index contributed by atoms with van der Waals surface area (Å²) in [5.41, 5.74) is 4.93. The average molecular weight is 179 g/mol. The number of phosphoric acid groups is 1. The molecule has 7 heteroatoms. The first kappa shape index (κ1) is 7.24. The van der Waals surface area contributed by atoms with Gasteiger partial charge in [0.1, 0.15) is 6.10 Å². The van der Waals surface area contributed by atoms with Crippen molar-refractivity contribution >= 4 is 13.7 Å². The van der Waals surface area contributed by atoms with E-state index in [4.69, 9.17) is 10.3 Å². The number of phosphoric ester groups is 1. The summed E-state index contributed by atoms with van der Waals surface area (Å²) in [7, 11) is -3.38. The first-order chi connectivity index (χ1) is 4.99. The average Bonchev–Trinajstić information content (AvgIpc) is 2.14. The first-order valence-corrected chi connectivity index (χ1v) is 4.44. The van der Waals surface area contributed by atoms with Gasteiger partial charge in [0.15, 0.2) is 0 Å². The number of amides is 1. The van der Waals surface area contributed by atoms with Gasteiger partial charge in [0, 0.05) is 0 Å². The van der Waals surface area contributed by atoms with Crippen molar-refractivity contribution in [2.75, 3.05) is 0 Å². The molecule has 0 aromatic rings. The van der Waals surface area contributed by atoms with Crippen LogP contribution in [0.5, 0.6) is 0 Å². The van der Waals surface area contributed by atoms with E-state index >= 15 is 0 Å². The van der Waals surface area contributed by atoms with Crippen LogP contribution < -0.4 is 5.73 Å². The Morgan fingerprint density at radius 3 is 2.36 bits per heavy atom. The van der Waals surface area contributed by atoms with Crippen LogP contribution in [-0.4, -0.2) is 17.8 Å². The molecule has 3 rings (SSSR count). The lowest BCUT2D eigenvalue weighted by molar-refractivity contribution is -0.191. The SMILES string of the molecule is CC1OP2(=O)OC1(C(N)=O)O2. The normalized spacial score (nSPS) is 53.7. The van der Waals surface area contributed by atoms with E-state index in [0.29, 0.717) is 0 Å². The van der Waals surface area contributed by atoms with E-state index in [1.165, 1.54) is 6.92 Å². The van der Waals surface area contributed by atoms with Gasteiger partial charge in [0.05, 0.1) is 0 Å². The third kappa shape index (κ3) is 0.674. The van der Waals surface area contributed by atoms with Crippen molar-refractivity contribution in [3.8, 4) is 0 Å². The van der Waals surface area contributed by atoms with Crippen LogP contribution in [0.1, 0.15) is 6.92 Å². The second-order valence-corrected chi connectivity index (χ2v) is 3.88. The second kappa shape index (κ2) is 1.67. The fourth-order valence-electron chi connectivity index (χ4n) is 1.08. The maximum absolute atomic E-state index is 10.9. The van der Waals surface area contributed by atoms with Crippen LogP contribution >= 0.6 is 7.82 Å². The predicted octanol–water partition coefficient (Wildman–Crippen LogP) is -0.258. The highest BCUT2D eigenvalue weighted by molar-refractivity contribution is 7.50. The summed E-state index contributed by atoms with van der Waals surface area (Å²) in [6.45, 7) is 1.51. The van der Waals surface area contributed by atoms with Crippen molar-refractivity contribution in [1.82, 2.24) is 0 Å². The first-order valence-electron chi connectivity index (χ1n) is 2.98. The lowest BCUT2D eigenvalue weighted by atomic mass is 10.1. The van der Waals surface area contributed by atoms with E-state index in [-0.39, 0.29) is 0 Å². The van der Waals surface area contributed by atoms with E-state index in [2.05, 4.69) is 9.05 Å². The molecule has 0 radical (unpaired) electrons. The highest BCUT2D eigenvalue weighted by Crippen LogP contribution is 2.73. The summed E-state index contributed by atoms with van der Waals surface area (Å²) in [5.74, 6) is -2.40. The van der Waals surface area contributed by atoms with Crippen LogP contribution in [0.4, 0.5) is 0 Å². The predicted molar refractivity (Wildman–Crippen MR) is 32.2 cm³/mol. The van der Waals surface area contributed by atoms with Crippen molar-refractivity contribution < 1.29 is 22.9 Å². The molecule has 11 heavy (non-hydrogen) atoms. The molecular weight excluding hydrogens is 173 g/mol. The second-order valence-electron chi connectivity index (χ2n) is 2.41. The maximum Gasteiger partial charge on any atom is 0.481 e. The van der Waals surface area contributed by atoms with E-state index < -0.39 is 25.6 Å². The van der Waals surface area contributed by atoms with Gasteiger partial charge in [-0.1, -0.05) is 0 Å². The van der Waals surface area contributed by atoms with Crippen molar-refractivity contribution in [3.63, 3.8) is 0 Å². The Bertz CT molecular complexity index is 266. The van der Waals surface area contributed by atoms with Gasteiger partial charge in [-0.15, -0.1) is 0 Å². The monoisotopic (exact) mass is 179 g/mol. The minimum absolute atomic E-state index is 0.689. The molecule has 3 fully saturated rings. The zero-order chi connectivity index (χ0) is 8.28. The Kier molecular flexibility index (Phi) is 1.10. The zero-order valence-electron chi connectivity index (χ0n) is 5.64. The molecule has 1 unspecified atom stereocenters. The molecule has 0 aromatic carbocycles. The number of carbonyl (C=O) groups is 1. The van der Waals surface area contributed by atoms with Gasteiger partial charge in [-0.25, -0.2) is 13.6 Å². The number of nitrogens with two attached hydrogens (primary N) is 1. The van der Waals surface area contributed by atoms with E-state index in [1.807, 2.05) is 0 Å². The third-order valence-electron chi connectivity index (χ3n) is 1.66. The Morgan fingerprint density at radius 2 is 2.18 bits per heavy atom. The van der Waals surface area contributed by atoms with Crippen LogP contribution in [0.25, 0.3) is 0 Å².